The molecule has 0 radical (unpaired) electrons. The molecule has 1 N–H and O–H groups in total. The van der Waals surface area contributed by atoms with Crippen molar-refractivity contribution in [2.75, 3.05) is 13.1 Å². The van der Waals surface area contributed by atoms with E-state index in [9.17, 15) is 9.90 Å². The van der Waals surface area contributed by atoms with E-state index in [0.717, 1.165) is 44.0 Å². The van der Waals surface area contributed by atoms with E-state index >= 15 is 0 Å². The van der Waals surface area contributed by atoms with Crippen molar-refractivity contribution < 1.29 is 9.90 Å². The zero-order chi connectivity index (χ0) is 14.1. The molecule has 0 aromatic carbocycles. The summed E-state index contributed by atoms with van der Waals surface area (Å²) >= 11 is 0. The lowest BCUT2D eigenvalue weighted by molar-refractivity contribution is -0.141. The first-order valence-corrected chi connectivity index (χ1v) is 7.60. The van der Waals surface area contributed by atoms with Gasteiger partial charge in [0, 0.05) is 18.9 Å². The highest BCUT2D eigenvalue weighted by molar-refractivity contribution is 5.71. The van der Waals surface area contributed by atoms with E-state index in [1.54, 1.807) is 4.68 Å². The van der Waals surface area contributed by atoms with Crippen molar-refractivity contribution in [1.82, 2.24) is 19.7 Å². The molecule has 110 valence electrons. The van der Waals surface area contributed by atoms with Gasteiger partial charge in [-0.05, 0) is 38.8 Å². The largest absolute Gasteiger partial charge is 0.480 e. The number of aryl methyl sites for hydroxylation is 1. The maximum absolute atomic E-state index is 11.3. The van der Waals surface area contributed by atoms with Crippen LogP contribution in [0.4, 0.5) is 0 Å². The molecule has 1 fully saturated rings. The van der Waals surface area contributed by atoms with Gasteiger partial charge in [0.2, 0.25) is 0 Å². The third-order valence-electron chi connectivity index (χ3n) is 4.53. The predicted molar refractivity (Wildman–Crippen MR) is 73.6 cm³/mol. The maximum atomic E-state index is 11.3. The minimum absolute atomic E-state index is 0.521. The van der Waals surface area contributed by atoms with Gasteiger partial charge in [-0.2, -0.15) is 5.10 Å². The highest BCUT2D eigenvalue weighted by Gasteiger charge is 2.30. The summed E-state index contributed by atoms with van der Waals surface area (Å²) in [6.07, 6.45) is 5.68. The molecule has 0 saturated carbocycles. The SMILES string of the molecule is CCN1CCCC1Cc1nc2n(n1)C(C(=O)O)CCC2. The average molecular weight is 278 g/mol. The van der Waals surface area contributed by atoms with Crippen molar-refractivity contribution in [1.29, 1.82) is 0 Å². The normalized spacial score (nSPS) is 26.6. The molecule has 2 aliphatic heterocycles. The number of hydrogen-bond acceptors (Lipinski definition) is 4. The first kappa shape index (κ1) is 13.5. The fraction of sp³-hybridized carbons (Fsp3) is 0.786. The molecule has 1 aromatic rings. The van der Waals surface area contributed by atoms with Gasteiger partial charge in [-0.15, -0.1) is 0 Å². The second-order valence-corrected chi connectivity index (χ2v) is 5.76. The number of hydrogen-bond donors (Lipinski definition) is 1. The Labute approximate surface area is 118 Å². The molecule has 0 aliphatic carbocycles. The first-order valence-electron chi connectivity index (χ1n) is 7.60. The van der Waals surface area contributed by atoms with Crippen molar-refractivity contribution >= 4 is 5.97 Å². The van der Waals surface area contributed by atoms with Gasteiger partial charge in [0.15, 0.2) is 11.9 Å². The Morgan fingerprint density at radius 3 is 3.00 bits per heavy atom. The topological polar surface area (TPSA) is 71.2 Å². The van der Waals surface area contributed by atoms with Crippen LogP contribution in [0.15, 0.2) is 0 Å². The Bertz CT molecular complexity index is 499. The standard InChI is InChI=1S/C14H22N4O2/c1-2-17-8-4-5-10(17)9-12-15-13-7-3-6-11(14(19)20)18(13)16-12/h10-11H,2-9H2,1H3,(H,19,20). The molecular formula is C14H22N4O2. The lowest BCUT2D eigenvalue weighted by Crippen LogP contribution is -2.31. The van der Waals surface area contributed by atoms with Crippen molar-refractivity contribution in [2.45, 2.75) is 57.5 Å². The van der Waals surface area contributed by atoms with Gasteiger partial charge in [0.1, 0.15) is 5.82 Å². The van der Waals surface area contributed by atoms with Crippen LogP contribution in [0.3, 0.4) is 0 Å². The third-order valence-corrected chi connectivity index (χ3v) is 4.53. The van der Waals surface area contributed by atoms with Crippen LogP contribution in [0, 0.1) is 0 Å². The van der Waals surface area contributed by atoms with Gasteiger partial charge >= 0.3 is 5.97 Å². The smallest absolute Gasteiger partial charge is 0.328 e. The van der Waals surface area contributed by atoms with Gasteiger partial charge in [0.05, 0.1) is 0 Å². The summed E-state index contributed by atoms with van der Waals surface area (Å²) in [6.45, 7) is 4.41. The first-order chi connectivity index (χ1) is 9.69. The Hall–Kier alpha value is -1.43. The van der Waals surface area contributed by atoms with Crippen LogP contribution in [0.1, 0.15) is 50.3 Å². The number of likely N-dealkylation sites (tertiary alicyclic amines) is 1. The predicted octanol–water partition coefficient (Wildman–Crippen LogP) is 1.27. The van der Waals surface area contributed by atoms with Gasteiger partial charge < -0.3 is 10.0 Å². The Morgan fingerprint density at radius 2 is 2.25 bits per heavy atom. The van der Waals surface area contributed by atoms with Crippen molar-refractivity contribution in [2.24, 2.45) is 0 Å². The van der Waals surface area contributed by atoms with Crippen molar-refractivity contribution in [3.63, 3.8) is 0 Å². The number of fused-ring (bicyclic) bond motifs is 1. The summed E-state index contributed by atoms with van der Waals surface area (Å²) in [5, 5.41) is 13.7. The van der Waals surface area contributed by atoms with E-state index in [0.29, 0.717) is 12.5 Å². The number of carbonyl (C=O) groups is 1. The molecule has 6 heteroatoms. The molecule has 2 unspecified atom stereocenters. The van der Waals surface area contributed by atoms with Crippen LogP contribution in [-0.2, 0) is 17.6 Å². The number of carboxylic acids is 1. The van der Waals surface area contributed by atoms with Crippen LogP contribution >= 0.6 is 0 Å². The molecule has 1 saturated heterocycles. The van der Waals surface area contributed by atoms with Gasteiger partial charge in [-0.25, -0.2) is 14.5 Å². The highest BCUT2D eigenvalue weighted by atomic mass is 16.4. The van der Waals surface area contributed by atoms with Crippen LogP contribution < -0.4 is 0 Å². The number of likely N-dealkylation sites (N-methyl/N-ethyl adjacent to an activating group) is 1. The summed E-state index contributed by atoms with van der Waals surface area (Å²) < 4.78 is 1.65. The molecule has 0 spiro atoms. The lowest BCUT2D eigenvalue weighted by Gasteiger charge is -2.21. The number of nitrogens with zero attached hydrogens (tertiary/aromatic N) is 4. The van der Waals surface area contributed by atoms with E-state index in [4.69, 9.17) is 0 Å². The van der Waals surface area contributed by atoms with Crippen LogP contribution in [0.25, 0.3) is 0 Å². The summed E-state index contributed by atoms with van der Waals surface area (Å²) in [5.74, 6) is 0.872. The van der Waals surface area contributed by atoms with E-state index in [1.807, 2.05) is 0 Å². The molecule has 0 bridgehead atoms. The number of carboxylic acid groups (broad SMARTS) is 1. The summed E-state index contributed by atoms with van der Waals surface area (Å²) in [5.41, 5.74) is 0. The van der Waals surface area contributed by atoms with E-state index in [2.05, 4.69) is 21.9 Å². The monoisotopic (exact) mass is 278 g/mol. The van der Waals surface area contributed by atoms with Crippen LogP contribution in [0.2, 0.25) is 0 Å². The molecule has 2 aliphatic rings. The zero-order valence-electron chi connectivity index (χ0n) is 12.0. The second-order valence-electron chi connectivity index (χ2n) is 5.76. The summed E-state index contributed by atoms with van der Waals surface area (Å²) in [4.78, 5) is 18.3. The maximum Gasteiger partial charge on any atom is 0.328 e. The lowest BCUT2D eigenvalue weighted by atomic mass is 10.1. The molecule has 3 rings (SSSR count). The van der Waals surface area contributed by atoms with Crippen molar-refractivity contribution in [3.05, 3.63) is 11.6 Å². The zero-order valence-corrected chi connectivity index (χ0v) is 12.0. The average Bonchev–Trinajstić information content (AvgIpc) is 3.03. The Balaban J connectivity index is 1.77. The molecule has 6 nitrogen and oxygen atoms in total. The summed E-state index contributed by atoms with van der Waals surface area (Å²) in [6, 6.07) is -0.00131. The van der Waals surface area contributed by atoms with E-state index < -0.39 is 12.0 Å². The number of aliphatic carboxylic acids is 1. The Morgan fingerprint density at radius 1 is 1.40 bits per heavy atom. The van der Waals surface area contributed by atoms with Crippen LogP contribution in [0.5, 0.6) is 0 Å². The van der Waals surface area contributed by atoms with Gasteiger partial charge in [0.25, 0.3) is 0 Å². The molecule has 0 amide bonds. The Kier molecular flexibility index (Phi) is 3.74. The molecule has 20 heavy (non-hydrogen) atoms. The van der Waals surface area contributed by atoms with Crippen molar-refractivity contribution in [3.8, 4) is 0 Å². The number of aromatic nitrogens is 3. The fourth-order valence-corrected chi connectivity index (χ4v) is 3.47. The van der Waals surface area contributed by atoms with Gasteiger partial charge in [-0.3, -0.25) is 0 Å². The minimum Gasteiger partial charge on any atom is -0.480 e. The molecule has 3 heterocycles. The van der Waals surface area contributed by atoms with E-state index in [-0.39, 0.29) is 0 Å². The minimum atomic E-state index is -0.793. The van der Waals surface area contributed by atoms with Crippen LogP contribution in [-0.4, -0.2) is 49.9 Å². The summed E-state index contributed by atoms with van der Waals surface area (Å²) in [7, 11) is 0. The molecule has 1 aromatic heterocycles. The quantitative estimate of drug-likeness (QED) is 0.898. The second kappa shape index (κ2) is 5.52. The highest BCUT2D eigenvalue weighted by Crippen LogP contribution is 2.25. The fourth-order valence-electron chi connectivity index (χ4n) is 3.47. The molecule has 2 atom stereocenters. The van der Waals surface area contributed by atoms with E-state index in [1.165, 1.54) is 12.8 Å². The molecular weight excluding hydrogens is 256 g/mol. The van der Waals surface area contributed by atoms with Gasteiger partial charge in [-0.1, -0.05) is 6.92 Å². The third kappa shape index (κ3) is 2.44. The number of rotatable bonds is 4.